The van der Waals surface area contributed by atoms with E-state index in [2.05, 4.69) is 31.3 Å². The number of benzene rings is 2. The van der Waals surface area contributed by atoms with Crippen molar-refractivity contribution >= 4 is 5.91 Å². The lowest BCUT2D eigenvalue weighted by Crippen LogP contribution is -2.22. The van der Waals surface area contributed by atoms with Crippen LogP contribution in [-0.2, 0) is 11.3 Å². The van der Waals surface area contributed by atoms with Gasteiger partial charge in [0.15, 0.2) is 0 Å². The maximum absolute atomic E-state index is 11.5. The summed E-state index contributed by atoms with van der Waals surface area (Å²) in [6, 6.07) is 15.2. The van der Waals surface area contributed by atoms with Crippen LogP contribution < -0.4 is 19.5 Å². The molecule has 148 valence electrons. The summed E-state index contributed by atoms with van der Waals surface area (Å²) in [6.45, 7) is 5.31. The highest BCUT2D eigenvalue weighted by atomic mass is 16.5. The van der Waals surface area contributed by atoms with Gasteiger partial charge in [0.05, 0.1) is 13.2 Å². The second kappa shape index (κ2) is 10.8. The summed E-state index contributed by atoms with van der Waals surface area (Å²) in [4.78, 5) is 11.5. The first-order valence-electron chi connectivity index (χ1n) is 9.19. The predicted molar refractivity (Wildman–Crippen MR) is 107 cm³/mol. The zero-order chi connectivity index (χ0) is 20.4. The second-order valence-corrected chi connectivity index (χ2v) is 6.51. The minimum atomic E-state index is -0.322. The summed E-state index contributed by atoms with van der Waals surface area (Å²) in [7, 11) is 1.58. The Kier molecular flexibility index (Phi) is 8.16. The third-order valence-electron chi connectivity index (χ3n) is 4.15. The number of nitrogens with one attached hydrogen (secondary N) is 1. The molecule has 0 saturated carbocycles. The lowest BCUT2D eigenvalue weighted by molar-refractivity contribution is -0.120. The zero-order valence-electron chi connectivity index (χ0n) is 16.5. The highest BCUT2D eigenvalue weighted by Crippen LogP contribution is 2.25. The molecule has 0 aliphatic heterocycles. The molecule has 1 N–H and O–H groups in total. The summed E-state index contributed by atoms with van der Waals surface area (Å²) in [5.74, 6) is 2.22. The Morgan fingerprint density at radius 1 is 1.07 bits per heavy atom. The molecule has 0 aromatic heterocycles. The number of nitriles is 1. The third kappa shape index (κ3) is 6.51. The van der Waals surface area contributed by atoms with Crippen molar-refractivity contribution < 1.29 is 19.0 Å². The van der Waals surface area contributed by atoms with E-state index in [9.17, 15) is 4.79 Å². The first-order valence-corrected chi connectivity index (χ1v) is 9.19. The minimum absolute atomic E-state index is 0.171. The number of ether oxygens (including phenoxy) is 3. The number of amides is 1. The predicted octanol–water partition coefficient (Wildman–Crippen LogP) is 3.81. The molecule has 2 rings (SSSR count). The SMILES string of the molecule is COc1ccc(CNC(=O)CC#N)c(OCCOc2ccc(C(C)C)cc2)c1. The van der Waals surface area contributed by atoms with Gasteiger partial charge in [0.25, 0.3) is 0 Å². The molecule has 0 fully saturated rings. The summed E-state index contributed by atoms with van der Waals surface area (Å²) in [6.07, 6.45) is -0.171. The molecule has 2 aromatic carbocycles. The highest BCUT2D eigenvalue weighted by Gasteiger charge is 2.08. The van der Waals surface area contributed by atoms with E-state index < -0.39 is 0 Å². The number of hydrogen-bond donors (Lipinski definition) is 1. The molecule has 0 bridgehead atoms. The van der Waals surface area contributed by atoms with E-state index in [0.29, 0.717) is 30.6 Å². The van der Waals surface area contributed by atoms with Crippen LogP contribution in [0.2, 0.25) is 0 Å². The molecule has 0 unspecified atom stereocenters. The molecule has 1 amide bonds. The molecule has 0 atom stereocenters. The van der Waals surface area contributed by atoms with Crippen LogP contribution in [-0.4, -0.2) is 26.2 Å². The van der Waals surface area contributed by atoms with Gasteiger partial charge in [-0.3, -0.25) is 4.79 Å². The van der Waals surface area contributed by atoms with Gasteiger partial charge in [0.1, 0.15) is 36.9 Å². The largest absolute Gasteiger partial charge is 0.497 e. The van der Waals surface area contributed by atoms with Gasteiger partial charge in [0.2, 0.25) is 5.91 Å². The van der Waals surface area contributed by atoms with Crippen molar-refractivity contribution in [2.45, 2.75) is 32.7 Å². The molecule has 0 aliphatic carbocycles. The standard InChI is InChI=1S/C22H26N2O4/c1-16(2)17-4-7-19(8-5-17)27-12-13-28-21-14-20(26-3)9-6-18(21)15-24-22(25)10-11-23/h4-9,14,16H,10,12-13,15H2,1-3H3,(H,24,25). The van der Waals surface area contributed by atoms with E-state index in [0.717, 1.165) is 11.3 Å². The fourth-order valence-corrected chi connectivity index (χ4v) is 2.53. The van der Waals surface area contributed by atoms with Gasteiger partial charge in [-0.2, -0.15) is 5.26 Å². The van der Waals surface area contributed by atoms with Crippen molar-refractivity contribution in [1.82, 2.24) is 5.32 Å². The summed E-state index contributed by atoms with van der Waals surface area (Å²) in [5, 5.41) is 11.3. The van der Waals surface area contributed by atoms with Crippen LogP contribution in [0.1, 0.15) is 37.3 Å². The van der Waals surface area contributed by atoms with Crippen molar-refractivity contribution in [1.29, 1.82) is 5.26 Å². The van der Waals surface area contributed by atoms with Crippen LogP contribution in [0.5, 0.6) is 17.2 Å². The molecule has 28 heavy (non-hydrogen) atoms. The van der Waals surface area contributed by atoms with Crippen molar-refractivity contribution in [2.75, 3.05) is 20.3 Å². The number of rotatable bonds is 10. The first-order chi connectivity index (χ1) is 13.5. The normalized spacial score (nSPS) is 10.2. The van der Waals surface area contributed by atoms with E-state index in [4.69, 9.17) is 19.5 Å². The average Bonchev–Trinajstić information content (AvgIpc) is 2.70. The van der Waals surface area contributed by atoms with E-state index in [-0.39, 0.29) is 18.9 Å². The lowest BCUT2D eigenvalue weighted by Gasteiger charge is -2.14. The third-order valence-corrected chi connectivity index (χ3v) is 4.15. The van der Waals surface area contributed by atoms with Crippen LogP contribution in [0.4, 0.5) is 0 Å². The van der Waals surface area contributed by atoms with E-state index >= 15 is 0 Å². The van der Waals surface area contributed by atoms with Gasteiger partial charge in [-0.1, -0.05) is 26.0 Å². The number of nitrogens with zero attached hydrogens (tertiary/aromatic N) is 1. The molecule has 2 aromatic rings. The van der Waals surface area contributed by atoms with Crippen molar-refractivity contribution in [2.24, 2.45) is 0 Å². The van der Waals surface area contributed by atoms with Crippen LogP contribution >= 0.6 is 0 Å². The number of carbonyl (C=O) groups excluding carboxylic acids is 1. The smallest absolute Gasteiger partial charge is 0.234 e. The van der Waals surface area contributed by atoms with Gasteiger partial charge in [0, 0.05) is 18.2 Å². The van der Waals surface area contributed by atoms with E-state index in [1.165, 1.54) is 5.56 Å². The van der Waals surface area contributed by atoms with E-state index in [1.807, 2.05) is 24.3 Å². The first kappa shape index (κ1) is 21.1. The molecule has 6 heteroatoms. The average molecular weight is 382 g/mol. The summed E-state index contributed by atoms with van der Waals surface area (Å²) in [5.41, 5.74) is 2.07. The number of methoxy groups -OCH3 is 1. The maximum atomic E-state index is 11.5. The second-order valence-electron chi connectivity index (χ2n) is 6.51. The maximum Gasteiger partial charge on any atom is 0.234 e. The minimum Gasteiger partial charge on any atom is -0.497 e. The van der Waals surface area contributed by atoms with Crippen molar-refractivity contribution in [3.05, 3.63) is 53.6 Å². The van der Waals surface area contributed by atoms with Crippen molar-refractivity contribution in [3.8, 4) is 23.3 Å². The molecule has 0 spiro atoms. The van der Waals surface area contributed by atoms with Gasteiger partial charge in [-0.15, -0.1) is 0 Å². The Morgan fingerprint density at radius 3 is 2.39 bits per heavy atom. The van der Waals surface area contributed by atoms with Gasteiger partial charge in [-0.05, 0) is 35.7 Å². The molecular formula is C22H26N2O4. The van der Waals surface area contributed by atoms with Crippen LogP contribution in [0.25, 0.3) is 0 Å². The molecule has 6 nitrogen and oxygen atoms in total. The van der Waals surface area contributed by atoms with Gasteiger partial charge >= 0.3 is 0 Å². The molecular weight excluding hydrogens is 356 g/mol. The summed E-state index contributed by atoms with van der Waals surface area (Å²) < 4.78 is 16.8. The monoisotopic (exact) mass is 382 g/mol. The zero-order valence-corrected chi connectivity index (χ0v) is 16.5. The Balaban J connectivity index is 1.90. The highest BCUT2D eigenvalue weighted by molar-refractivity contribution is 5.78. The molecule has 0 saturated heterocycles. The molecule has 0 heterocycles. The van der Waals surface area contributed by atoms with Crippen LogP contribution in [0.3, 0.4) is 0 Å². The van der Waals surface area contributed by atoms with E-state index in [1.54, 1.807) is 19.2 Å². The quantitative estimate of drug-likeness (QED) is 0.632. The Morgan fingerprint density at radius 2 is 1.75 bits per heavy atom. The van der Waals surface area contributed by atoms with Gasteiger partial charge in [-0.25, -0.2) is 0 Å². The van der Waals surface area contributed by atoms with Crippen molar-refractivity contribution in [3.63, 3.8) is 0 Å². The van der Waals surface area contributed by atoms with Crippen LogP contribution in [0, 0.1) is 11.3 Å². The fraction of sp³-hybridized carbons (Fsp3) is 0.364. The fourth-order valence-electron chi connectivity index (χ4n) is 2.53. The summed E-state index contributed by atoms with van der Waals surface area (Å²) >= 11 is 0. The van der Waals surface area contributed by atoms with Crippen LogP contribution in [0.15, 0.2) is 42.5 Å². The lowest BCUT2D eigenvalue weighted by atomic mass is 10.0. The van der Waals surface area contributed by atoms with Gasteiger partial charge < -0.3 is 19.5 Å². The molecule has 0 radical (unpaired) electrons. The number of hydrogen-bond acceptors (Lipinski definition) is 5. The Bertz CT molecular complexity index is 810. The number of carbonyl (C=O) groups is 1. The Hall–Kier alpha value is -3.20. The molecule has 0 aliphatic rings. The Labute approximate surface area is 166 Å². The topological polar surface area (TPSA) is 80.6 Å².